The van der Waals surface area contributed by atoms with Gasteiger partial charge in [-0.3, -0.25) is 0 Å². The minimum atomic E-state index is 0.672. The highest BCUT2D eigenvalue weighted by Gasteiger charge is 2.14. The average molecular weight is 334 g/mol. The molecule has 2 N–H and O–H groups in total. The first-order chi connectivity index (χ1) is 9.63. The van der Waals surface area contributed by atoms with Crippen LogP contribution in [-0.2, 0) is 0 Å². The molecule has 1 aromatic carbocycles. The largest absolute Gasteiger partial charge is 0.330 e. The number of aryl methyl sites for hydroxylation is 2. The van der Waals surface area contributed by atoms with E-state index < -0.39 is 0 Å². The van der Waals surface area contributed by atoms with Crippen LogP contribution in [-0.4, -0.2) is 18.1 Å². The van der Waals surface area contributed by atoms with Crippen molar-refractivity contribution in [1.82, 2.24) is 4.98 Å². The van der Waals surface area contributed by atoms with Gasteiger partial charge in [0.15, 0.2) is 0 Å². The van der Waals surface area contributed by atoms with Gasteiger partial charge in [0.25, 0.3) is 0 Å². The van der Waals surface area contributed by atoms with Crippen molar-refractivity contribution >= 4 is 27.4 Å². The first kappa shape index (κ1) is 15.0. The second kappa shape index (κ2) is 6.86. The van der Waals surface area contributed by atoms with Gasteiger partial charge in [-0.05, 0) is 72.1 Å². The Morgan fingerprint density at radius 3 is 2.75 bits per heavy atom. The van der Waals surface area contributed by atoms with E-state index in [1.807, 2.05) is 12.3 Å². The molecule has 0 saturated carbocycles. The predicted octanol–water partition coefficient (Wildman–Crippen LogP) is 3.95. The molecular formula is C16H20BrN3. The Morgan fingerprint density at radius 1 is 1.25 bits per heavy atom. The molecule has 4 heteroatoms. The Hall–Kier alpha value is -1.39. The third-order valence-electron chi connectivity index (χ3n) is 3.22. The van der Waals surface area contributed by atoms with Crippen molar-refractivity contribution < 1.29 is 0 Å². The number of pyridine rings is 1. The number of anilines is 2. The van der Waals surface area contributed by atoms with Crippen LogP contribution < -0.4 is 10.6 Å². The monoisotopic (exact) mass is 333 g/mol. The lowest BCUT2D eigenvalue weighted by atomic mass is 10.2. The Morgan fingerprint density at radius 2 is 2.05 bits per heavy atom. The lowest BCUT2D eigenvalue weighted by molar-refractivity contribution is 0.808. The van der Waals surface area contributed by atoms with Crippen LogP contribution in [0.15, 0.2) is 41.0 Å². The highest BCUT2D eigenvalue weighted by molar-refractivity contribution is 9.10. The fraction of sp³-hybridized carbons (Fsp3) is 0.312. The van der Waals surface area contributed by atoms with Crippen LogP contribution >= 0.6 is 15.9 Å². The van der Waals surface area contributed by atoms with Crippen LogP contribution in [0, 0.1) is 13.8 Å². The topological polar surface area (TPSA) is 42.1 Å². The van der Waals surface area contributed by atoms with Gasteiger partial charge < -0.3 is 10.6 Å². The molecule has 0 spiro atoms. The van der Waals surface area contributed by atoms with E-state index in [1.54, 1.807) is 0 Å². The van der Waals surface area contributed by atoms with Crippen LogP contribution in [0.2, 0.25) is 0 Å². The normalized spacial score (nSPS) is 10.6. The van der Waals surface area contributed by atoms with Gasteiger partial charge in [-0.1, -0.05) is 12.1 Å². The lowest BCUT2D eigenvalue weighted by Crippen LogP contribution is -2.22. The highest BCUT2D eigenvalue weighted by Crippen LogP contribution is 2.32. The van der Waals surface area contributed by atoms with Gasteiger partial charge in [-0.25, -0.2) is 4.98 Å². The van der Waals surface area contributed by atoms with Gasteiger partial charge in [0.2, 0.25) is 0 Å². The molecule has 0 unspecified atom stereocenters. The molecule has 0 radical (unpaired) electrons. The maximum Gasteiger partial charge on any atom is 0.147 e. The van der Waals surface area contributed by atoms with Crippen LogP contribution in [0.4, 0.5) is 11.5 Å². The van der Waals surface area contributed by atoms with Gasteiger partial charge in [0, 0.05) is 18.4 Å². The van der Waals surface area contributed by atoms with Gasteiger partial charge >= 0.3 is 0 Å². The molecule has 0 saturated heterocycles. The molecule has 1 heterocycles. The SMILES string of the molecule is Cc1cccc(N(CCCN)c2nccc(C)c2Br)c1. The molecule has 0 fully saturated rings. The molecule has 0 amide bonds. The number of hydrogen-bond acceptors (Lipinski definition) is 3. The summed E-state index contributed by atoms with van der Waals surface area (Å²) in [4.78, 5) is 6.76. The molecule has 0 aliphatic rings. The third kappa shape index (κ3) is 3.38. The first-order valence-corrected chi connectivity index (χ1v) is 7.58. The van der Waals surface area contributed by atoms with Gasteiger partial charge in [-0.2, -0.15) is 0 Å². The Labute approximate surface area is 129 Å². The number of aromatic nitrogens is 1. The molecule has 0 atom stereocenters. The van der Waals surface area contributed by atoms with E-state index in [2.05, 4.69) is 63.9 Å². The Bertz CT molecular complexity index is 584. The van der Waals surface area contributed by atoms with Crippen LogP contribution in [0.5, 0.6) is 0 Å². The van der Waals surface area contributed by atoms with E-state index in [-0.39, 0.29) is 0 Å². The molecule has 2 rings (SSSR count). The van der Waals surface area contributed by atoms with Crippen LogP contribution in [0.1, 0.15) is 17.5 Å². The predicted molar refractivity (Wildman–Crippen MR) is 88.5 cm³/mol. The maximum atomic E-state index is 5.67. The zero-order chi connectivity index (χ0) is 14.5. The van der Waals surface area contributed by atoms with E-state index in [0.717, 1.165) is 28.9 Å². The van der Waals surface area contributed by atoms with Crippen molar-refractivity contribution in [2.24, 2.45) is 5.73 Å². The fourth-order valence-corrected chi connectivity index (χ4v) is 2.57. The molecule has 20 heavy (non-hydrogen) atoms. The molecule has 106 valence electrons. The zero-order valence-corrected chi connectivity index (χ0v) is 13.5. The minimum absolute atomic E-state index is 0.672. The van der Waals surface area contributed by atoms with Crippen molar-refractivity contribution in [3.05, 3.63) is 52.1 Å². The molecule has 1 aromatic heterocycles. The Balaban J connectivity index is 2.44. The zero-order valence-electron chi connectivity index (χ0n) is 11.9. The number of nitrogens with two attached hydrogens (primary N) is 1. The molecule has 2 aromatic rings. The summed E-state index contributed by atoms with van der Waals surface area (Å²) >= 11 is 3.65. The van der Waals surface area contributed by atoms with E-state index in [1.165, 1.54) is 11.1 Å². The minimum Gasteiger partial charge on any atom is -0.330 e. The first-order valence-electron chi connectivity index (χ1n) is 6.79. The van der Waals surface area contributed by atoms with Crippen molar-refractivity contribution in [1.29, 1.82) is 0 Å². The van der Waals surface area contributed by atoms with Crippen molar-refractivity contribution in [3.63, 3.8) is 0 Å². The maximum absolute atomic E-state index is 5.67. The van der Waals surface area contributed by atoms with Gasteiger partial charge in [0.05, 0.1) is 4.47 Å². The summed E-state index contributed by atoms with van der Waals surface area (Å²) in [7, 11) is 0. The standard InChI is InChI=1S/C16H20BrN3/c1-12-5-3-6-14(11-12)20(10-4-8-18)16-15(17)13(2)7-9-19-16/h3,5-7,9,11H,4,8,10,18H2,1-2H3. The average Bonchev–Trinajstić information content (AvgIpc) is 2.44. The molecule has 0 aliphatic carbocycles. The van der Waals surface area contributed by atoms with Crippen molar-refractivity contribution in [2.75, 3.05) is 18.0 Å². The van der Waals surface area contributed by atoms with E-state index in [9.17, 15) is 0 Å². The Kier molecular flexibility index (Phi) is 5.15. The lowest BCUT2D eigenvalue weighted by Gasteiger charge is -2.25. The van der Waals surface area contributed by atoms with Crippen LogP contribution in [0.25, 0.3) is 0 Å². The summed E-state index contributed by atoms with van der Waals surface area (Å²) in [6.45, 7) is 5.71. The second-order valence-corrected chi connectivity index (χ2v) is 5.69. The van der Waals surface area contributed by atoms with Crippen molar-refractivity contribution in [2.45, 2.75) is 20.3 Å². The van der Waals surface area contributed by atoms with E-state index >= 15 is 0 Å². The molecular weight excluding hydrogens is 314 g/mol. The number of benzene rings is 1. The number of rotatable bonds is 5. The highest BCUT2D eigenvalue weighted by atomic mass is 79.9. The summed E-state index contributed by atoms with van der Waals surface area (Å²) in [6.07, 6.45) is 2.77. The number of hydrogen-bond donors (Lipinski definition) is 1. The molecule has 3 nitrogen and oxygen atoms in total. The molecule has 0 bridgehead atoms. The number of nitrogens with zero attached hydrogens (tertiary/aromatic N) is 2. The van der Waals surface area contributed by atoms with Crippen molar-refractivity contribution in [3.8, 4) is 0 Å². The summed E-state index contributed by atoms with van der Waals surface area (Å²) in [5.74, 6) is 0.948. The van der Waals surface area contributed by atoms with Crippen LogP contribution in [0.3, 0.4) is 0 Å². The molecule has 0 aliphatic heterocycles. The summed E-state index contributed by atoms with van der Waals surface area (Å²) in [5.41, 5.74) is 9.24. The van der Waals surface area contributed by atoms with E-state index in [4.69, 9.17) is 5.73 Å². The van der Waals surface area contributed by atoms with E-state index in [0.29, 0.717) is 6.54 Å². The summed E-state index contributed by atoms with van der Waals surface area (Å²) in [5, 5.41) is 0. The number of halogens is 1. The quantitative estimate of drug-likeness (QED) is 0.900. The second-order valence-electron chi connectivity index (χ2n) is 4.90. The summed E-state index contributed by atoms with van der Waals surface area (Å²) < 4.78 is 1.04. The van der Waals surface area contributed by atoms with Gasteiger partial charge in [0.1, 0.15) is 5.82 Å². The summed E-state index contributed by atoms with van der Waals surface area (Å²) in [6, 6.07) is 10.5. The third-order valence-corrected chi connectivity index (χ3v) is 4.20. The smallest absolute Gasteiger partial charge is 0.147 e. The fourth-order valence-electron chi connectivity index (χ4n) is 2.12. The van der Waals surface area contributed by atoms with Gasteiger partial charge in [-0.15, -0.1) is 0 Å².